The minimum Gasteiger partial charge on any atom is -0.399 e. The number of hydrogen-bond acceptors (Lipinski definition) is 6. The van der Waals surface area contributed by atoms with E-state index in [1.54, 1.807) is 48.5 Å². The van der Waals surface area contributed by atoms with Crippen LogP contribution in [0.4, 0.5) is 0 Å². The average Bonchev–Trinajstić information content (AvgIpc) is 2.74. The SMILES string of the molecule is N#CC1=C(N)C(C#N)(C#N)C(c2ccc(Br)cc2)C([N+](=O)[O-])C1c1ccc(Br)cc1. The number of nitro groups is 1. The minimum absolute atomic E-state index is 0.129. The highest BCUT2D eigenvalue weighted by Gasteiger charge is 2.61. The Bertz CT molecular complexity index is 1140. The lowest BCUT2D eigenvalue weighted by atomic mass is 9.58. The van der Waals surface area contributed by atoms with Crippen LogP contribution in [-0.2, 0) is 0 Å². The zero-order valence-electron chi connectivity index (χ0n) is 15.3. The van der Waals surface area contributed by atoms with Crippen LogP contribution in [0.25, 0.3) is 0 Å². The van der Waals surface area contributed by atoms with Crippen LogP contribution in [0.1, 0.15) is 23.0 Å². The first-order valence-corrected chi connectivity index (χ1v) is 10.3. The molecule has 0 fully saturated rings. The second-order valence-electron chi connectivity index (χ2n) is 6.81. The third-order valence-corrected chi connectivity index (χ3v) is 6.41. The number of rotatable bonds is 3. The van der Waals surface area contributed by atoms with Crippen LogP contribution in [0.5, 0.6) is 0 Å². The molecular weight excluding hydrogens is 514 g/mol. The Morgan fingerprint density at radius 3 is 1.80 bits per heavy atom. The fourth-order valence-corrected chi connectivity index (χ4v) is 4.50. The molecule has 0 aromatic heterocycles. The lowest BCUT2D eigenvalue weighted by Gasteiger charge is -2.40. The third kappa shape index (κ3) is 3.35. The summed E-state index contributed by atoms with van der Waals surface area (Å²) >= 11 is 6.65. The van der Waals surface area contributed by atoms with Gasteiger partial charge in [0.1, 0.15) is 0 Å². The van der Waals surface area contributed by atoms with Gasteiger partial charge in [0.2, 0.25) is 6.04 Å². The lowest BCUT2D eigenvalue weighted by molar-refractivity contribution is -0.532. The molecule has 1 aliphatic carbocycles. The van der Waals surface area contributed by atoms with E-state index >= 15 is 0 Å². The molecule has 2 N–H and O–H groups in total. The Labute approximate surface area is 189 Å². The second-order valence-corrected chi connectivity index (χ2v) is 8.64. The monoisotopic (exact) mass is 525 g/mol. The third-order valence-electron chi connectivity index (χ3n) is 5.35. The van der Waals surface area contributed by atoms with Crippen molar-refractivity contribution in [3.8, 4) is 18.2 Å². The van der Waals surface area contributed by atoms with Crippen molar-refractivity contribution in [1.29, 1.82) is 15.8 Å². The van der Waals surface area contributed by atoms with Crippen molar-refractivity contribution < 1.29 is 4.92 Å². The van der Waals surface area contributed by atoms with Crippen LogP contribution in [0.2, 0.25) is 0 Å². The highest BCUT2D eigenvalue weighted by Crippen LogP contribution is 2.54. The molecule has 3 atom stereocenters. The molecule has 0 saturated carbocycles. The van der Waals surface area contributed by atoms with Crippen LogP contribution in [0.3, 0.4) is 0 Å². The number of nitrogens with zero attached hydrogens (tertiary/aromatic N) is 4. The van der Waals surface area contributed by atoms with Crippen molar-refractivity contribution in [1.82, 2.24) is 0 Å². The van der Waals surface area contributed by atoms with Gasteiger partial charge >= 0.3 is 0 Å². The molecule has 3 unspecified atom stereocenters. The average molecular weight is 527 g/mol. The van der Waals surface area contributed by atoms with Gasteiger partial charge in [-0.3, -0.25) is 10.1 Å². The molecule has 0 bridgehead atoms. The number of benzene rings is 2. The summed E-state index contributed by atoms with van der Waals surface area (Å²) in [6, 6.07) is 17.6. The number of halogens is 2. The van der Waals surface area contributed by atoms with Crippen LogP contribution >= 0.6 is 31.9 Å². The van der Waals surface area contributed by atoms with E-state index in [2.05, 4.69) is 31.9 Å². The number of hydrogen-bond donors (Lipinski definition) is 1. The molecule has 2 aromatic rings. The highest BCUT2D eigenvalue weighted by atomic mass is 79.9. The Morgan fingerprint density at radius 2 is 1.40 bits per heavy atom. The summed E-state index contributed by atoms with van der Waals surface area (Å²) in [4.78, 5) is 11.8. The molecule has 0 heterocycles. The topological polar surface area (TPSA) is 141 Å². The van der Waals surface area contributed by atoms with Crippen molar-refractivity contribution in [2.45, 2.75) is 17.9 Å². The first-order valence-electron chi connectivity index (χ1n) is 8.67. The predicted molar refractivity (Wildman–Crippen MR) is 115 cm³/mol. The summed E-state index contributed by atoms with van der Waals surface area (Å²) in [5.41, 5.74) is 4.74. The summed E-state index contributed by atoms with van der Waals surface area (Å²) in [5, 5.41) is 42.1. The van der Waals surface area contributed by atoms with Gasteiger partial charge in [0.05, 0.1) is 41.3 Å². The number of nitriles is 3. The van der Waals surface area contributed by atoms with Gasteiger partial charge in [-0.05, 0) is 35.4 Å². The van der Waals surface area contributed by atoms with Crippen molar-refractivity contribution in [3.05, 3.63) is 90.0 Å². The lowest BCUT2D eigenvalue weighted by Crippen LogP contribution is -2.50. The van der Waals surface area contributed by atoms with Gasteiger partial charge < -0.3 is 5.73 Å². The molecule has 0 spiro atoms. The molecule has 0 amide bonds. The summed E-state index contributed by atoms with van der Waals surface area (Å²) in [6.45, 7) is 0. The maximum Gasteiger partial charge on any atom is 0.234 e. The predicted octanol–water partition coefficient (Wildman–Crippen LogP) is 4.51. The van der Waals surface area contributed by atoms with Crippen LogP contribution < -0.4 is 5.73 Å². The Balaban J connectivity index is 2.40. The maximum absolute atomic E-state index is 12.3. The molecular formula is C21H13Br2N5O2. The number of nitrogens with two attached hydrogens (primary N) is 1. The van der Waals surface area contributed by atoms with Gasteiger partial charge in [-0.1, -0.05) is 56.1 Å². The molecule has 2 aromatic carbocycles. The highest BCUT2D eigenvalue weighted by molar-refractivity contribution is 9.10. The molecule has 0 saturated heterocycles. The van der Waals surface area contributed by atoms with Gasteiger partial charge in [-0.2, -0.15) is 15.8 Å². The van der Waals surface area contributed by atoms with E-state index in [0.29, 0.717) is 11.1 Å². The standard InChI is InChI=1S/C21H13Br2N5O2/c22-14-5-1-12(2-6-14)17-16(9-24)20(27)21(10-25,11-26)18(19(17)28(29)30)13-3-7-15(23)8-4-13/h1-8,17-19H,27H2. The molecule has 7 nitrogen and oxygen atoms in total. The Hall–Kier alpha value is -3.19. The zero-order chi connectivity index (χ0) is 22.1. The van der Waals surface area contributed by atoms with Gasteiger partial charge in [0.15, 0.2) is 5.41 Å². The molecule has 30 heavy (non-hydrogen) atoms. The van der Waals surface area contributed by atoms with E-state index in [1.165, 1.54) is 0 Å². The summed E-state index contributed by atoms with van der Waals surface area (Å²) < 4.78 is 1.51. The van der Waals surface area contributed by atoms with Crippen molar-refractivity contribution in [3.63, 3.8) is 0 Å². The first kappa shape index (κ1) is 21.5. The summed E-state index contributed by atoms with van der Waals surface area (Å²) in [5.74, 6) is -2.19. The van der Waals surface area contributed by atoms with E-state index in [0.717, 1.165) is 8.95 Å². The maximum atomic E-state index is 12.3. The van der Waals surface area contributed by atoms with Crippen molar-refractivity contribution in [2.75, 3.05) is 0 Å². The molecule has 3 rings (SSSR count). The first-order chi connectivity index (χ1) is 14.3. The van der Waals surface area contributed by atoms with Crippen molar-refractivity contribution in [2.24, 2.45) is 11.1 Å². The van der Waals surface area contributed by atoms with Gasteiger partial charge in [-0.15, -0.1) is 0 Å². The summed E-state index contributed by atoms with van der Waals surface area (Å²) in [6.07, 6.45) is 0. The van der Waals surface area contributed by atoms with Crippen LogP contribution in [0.15, 0.2) is 68.7 Å². The Kier molecular flexibility index (Phi) is 5.94. The van der Waals surface area contributed by atoms with Crippen LogP contribution in [0, 0.1) is 49.5 Å². The summed E-state index contributed by atoms with van der Waals surface area (Å²) in [7, 11) is 0. The van der Waals surface area contributed by atoms with E-state index in [-0.39, 0.29) is 11.3 Å². The number of allylic oxidation sites excluding steroid dienone is 1. The molecule has 148 valence electrons. The zero-order valence-corrected chi connectivity index (χ0v) is 18.5. The molecule has 1 aliphatic rings. The normalized spacial score (nSPS) is 22.4. The fraction of sp³-hybridized carbons (Fsp3) is 0.190. The quantitative estimate of drug-likeness (QED) is 0.460. The molecule has 9 heteroatoms. The van der Waals surface area contributed by atoms with E-state index in [9.17, 15) is 25.9 Å². The van der Waals surface area contributed by atoms with Crippen molar-refractivity contribution >= 4 is 31.9 Å². The second kappa shape index (κ2) is 8.28. The minimum atomic E-state index is -2.05. The van der Waals surface area contributed by atoms with E-state index in [4.69, 9.17) is 5.73 Å². The van der Waals surface area contributed by atoms with Gasteiger partial charge in [0.25, 0.3) is 0 Å². The smallest absolute Gasteiger partial charge is 0.234 e. The van der Waals surface area contributed by atoms with E-state index in [1.807, 2.05) is 18.2 Å². The van der Waals surface area contributed by atoms with Gasteiger partial charge in [0, 0.05) is 13.9 Å². The fourth-order valence-electron chi connectivity index (χ4n) is 3.98. The molecule has 0 aliphatic heterocycles. The largest absolute Gasteiger partial charge is 0.399 e. The van der Waals surface area contributed by atoms with E-state index < -0.39 is 28.2 Å². The molecule has 0 radical (unpaired) electrons. The van der Waals surface area contributed by atoms with Gasteiger partial charge in [-0.25, -0.2) is 0 Å². The van der Waals surface area contributed by atoms with Crippen LogP contribution in [-0.4, -0.2) is 11.0 Å². The Morgan fingerprint density at radius 1 is 0.933 bits per heavy atom.